The van der Waals surface area contributed by atoms with Gasteiger partial charge in [0.2, 0.25) is 5.91 Å². The number of anilines is 1. The lowest BCUT2D eigenvalue weighted by atomic mass is 10.0. The van der Waals surface area contributed by atoms with Crippen molar-refractivity contribution in [1.82, 2.24) is 0 Å². The fraction of sp³-hybridized carbons (Fsp3) is 0.211. The van der Waals surface area contributed by atoms with Crippen LogP contribution in [-0.4, -0.2) is 5.91 Å². The van der Waals surface area contributed by atoms with Crippen molar-refractivity contribution in [3.05, 3.63) is 70.3 Å². The van der Waals surface area contributed by atoms with Gasteiger partial charge in [-0.3, -0.25) is 4.79 Å². The summed E-state index contributed by atoms with van der Waals surface area (Å²) in [5.41, 5.74) is 4.07. The number of carbonyl (C=O) groups is 1. The summed E-state index contributed by atoms with van der Waals surface area (Å²) >= 11 is 6.08. The fourth-order valence-electron chi connectivity index (χ4n) is 2.34. The lowest BCUT2D eigenvalue weighted by molar-refractivity contribution is -0.111. The predicted octanol–water partition coefficient (Wildman–Crippen LogP) is 5.12. The molecule has 0 aliphatic carbocycles. The molecule has 0 fully saturated rings. The molecule has 0 aliphatic heterocycles. The van der Waals surface area contributed by atoms with Gasteiger partial charge in [0, 0.05) is 16.8 Å². The Labute approximate surface area is 136 Å². The van der Waals surface area contributed by atoms with Gasteiger partial charge in [0.15, 0.2) is 0 Å². The van der Waals surface area contributed by atoms with Crippen molar-refractivity contribution in [3.8, 4) is 0 Å². The van der Waals surface area contributed by atoms with Gasteiger partial charge in [-0.1, -0.05) is 61.8 Å². The molecule has 0 atom stereocenters. The molecule has 3 heteroatoms. The van der Waals surface area contributed by atoms with Crippen molar-refractivity contribution < 1.29 is 4.79 Å². The minimum absolute atomic E-state index is 0.143. The number of nitrogens with one attached hydrogen (secondary N) is 1. The van der Waals surface area contributed by atoms with Crippen LogP contribution in [0.2, 0.25) is 5.02 Å². The summed E-state index contributed by atoms with van der Waals surface area (Å²) in [6.45, 7) is 4.17. The summed E-state index contributed by atoms with van der Waals surface area (Å²) in [4.78, 5) is 12.2. The van der Waals surface area contributed by atoms with E-state index in [0.29, 0.717) is 5.02 Å². The van der Waals surface area contributed by atoms with Gasteiger partial charge >= 0.3 is 0 Å². The van der Waals surface area contributed by atoms with Crippen molar-refractivity contribution >= 4 is 29.3 Å². The van der Waals surface area contributed by atoms with E-state index in [1.807, 2.05) is 36.4 Å². The predicted molar refractivity (Wildman–Crippen MR) is 94.3 cm³/mol. The second kappa shape index (κ2) is 7.81. The topological polar surface area (TPSA) is 29.1 Å². The van der Waals surface area contributed by atoms with Crippen LogP contribution in [0.5, 0.6) is 0 Å². The van der Waals surface area contributed by atoms with E-state index in [0.717, 1.165) is 35.2 Å². The number of halogens is 1. The van der Waals surface area contributed by atoms with Crippen LogP contribution in [0.25, 0.3) is 6.08 Å². The quantitative estimate of drug-likeness (QED) is 0.763. The van der Waals surface area contributed by atoms with E-state index in [9.17, 15) is 4.79 Å². The van der Waals surface area contributed by atoms with Crippen LogP contribution in [-0.2, 0) is 17.6 Å². The fourth-order valence-corrected chi connectivity index (χ4v) is 2.54. The van der Waals surface area contributed by atoms with E-state index >= 15 is 0 Å². The van der Waals surface area contributed by atoms with Crippen LogP contribution < -0.4 is 5.32 Å². The van der Waals surface area contributed by atoms with Crippen molar-refractivity contribution in [3.63, 3.8) is 0 Å². The lowest BCUT2D eigenvalue weighted by Gasteiger charge is -2.13. The smallest absolute Gasteiger partial charge is 0.248 e. The van der Waals surface area contributed by atoms with Crippen molar-refractivity contribution in [2.45, 2.75) is 26.7 Å². The Morgan fingerprint density at radius 3 is 2.27 bits per heavy atom. The Hall–Kier alpha value is -2.06. The molecule has 0 bridgehead atoms. The van der Waals surface area contributed by atoms with Gasteiger partial charge in [-0.05, 0) is 41.7 Å². The lowest BCUT2D eigenvalue weighted by Crippen LogP contribution is -2.11. The first-order chi connectivity index (χ1) is 10.7. The maximum atomic E-state index is 12.2. The van der Waals surface area contributed by atoms with Crippen LogP contribution in [0.15, 0.2) is 48.5 Å². The molecule has 2 aromatic rings. The maximum Gasteiger partial charge on any atom is 0.248 e. The highest BCUT2D eigenvalue weighted by Gasteiger charge is 2.08. The van der Waals surface area contributed by atoms with Crippen molar-refractivity contribution in [1.29, 1.82) is 0 Å². The summed E-state index contributed by atoms with van der Waals surface area (Å²) < 4.78 is 0. The minimum Gasteiger partial charge on any atom is -0.322 e. The summed E-state index contributed by atoms with van der Waals surface area (Å²) in [6, 6.07) is 13.6. The molecule has 0 aliphatic rings. The number of benzene rings is 2. The molecule has 22 heavy (non-hydrogen) atoms. The van der Waals surface area contributed by atoms with E-state index in [2.05, 4.69) is 19.2 Å². The third kappa shape index (κ3) is 3.99. The largest absolute Gasteiger partial charge is 0.322 e. The number of carbonyl (C=O) groups excluding carboxylic acids is 1. The Bertz CT molecular complexity index is 669. The molecule has 0 unspecified atom stereocenters. The van der Waals surface area contributed by atoms with E-state index in [-0.39, 0.29) is 5.91 Å². The summed E-state index contributed by atoms with van der Waals surface area (Å²) in [5, 5.41) is 3.64. The number of hydrogen-bond acceptors (Lipinski definition) is 1. The van der Waals surface area contributed by atoms with Crippen LogP contribution in [0.4, 0.5) is 5.69 Å². The number of para-hydroxylation sites is 1. The molecule has 0 radical (unpaired) electrons. The van der Waals surface area contributed by atoms with Gasteiger partial charge in [0.1, 0.15) is 0 Å². The van der Waals surface area contributed by atoms with Gasteiger partial charge in [-0.25, -0.2) is 0 Å². The molecule has 0 saturated heterocycles. The van der Waals surface area contributed by atoms with E-state index in [1.165, 1.54) is 6.08 Å². The highest BCUT2D eigenvalue weighted by molar-refractivity contribution is 6.32. The van der Waals surface area contributed by atoms with Crippen LogP contribution in [0.1, 0.15) is 30.5 Å². The first kappa shape index (κ1) is 16.3. The van der Waals surface area contributed by atoms with Gasteiger partial charge < -0.3 is 5.32 Å². The number of hydrogen-bond donors (Lipinski definition) is 1. The Balaban J connectivity index is 2.18. The molecule has 1 amide bonds. The average molecular weight is 314 g/mol. The van der Waals surface area contributed by atoms with E-state index in [1.54, 1.807) is 12.1 Å². The molecule has 0 heterocycles. The van der Waals surface area contributed by atoms with Crippen LogP contribution in [0, 0.1) is 0 Å². The zero-order valence-corrected chi connectivity index (χ0v) is 13.7. The van der Waals surface area contributed by atoms with Crippen molar-refractivity contribution in [2.75, 3.05) is 5.32 Å². The molecule has 0 saturated carbocycles. The molecule has 2 rings (SSSR count). The number of amides is 1. The Morgan fingerprint density at radius 2 is 1.68 bits per heavy atom. The number of aryl methyl sites for hydroxylation is 2. The van der Waals surface area contributed by atoms with E-state index in [4.69, 9.17) is 11.6 Å². The van der Waals surface area contributed by atoms with E-state index < -0.39 is 0 Å². The monoisotopic (exact) mass is 313 g/mol. The second-order valence-corrected chi connectivity index (χ2v) is 5.41. The summed E-state index contributed by atoms with van der Waals surface area (Å²) in [5.74, 6) is -0.143. The SMILES string of the molecule is CCc1cccc(CC)c1NC(=O)C=Cc1ccccc1Cl. The number of rotatable bonds is 5. The normalized spacial score (nSPS) is 10.9. The average Bonchev–Trinajstić information content (AvgIpc) is 2.54. The molecular formula is C19H20ClNO. The maximum absolute atomic E-state index is 12.2. The minimum atomic E-state index is -0.143. The first-order valence-electron chi connectivity index (χ1n) is 7.50. The molecule has 114 valence electrons. The molecule has 2 nitrogen and oxygen atoms in total. The third-order valence-electron chi connectivity index (χ3n) is 3.57. The highest BCUT2D eigenvalue weighted by Crippen LogP contribution is 2.23. The zero-order valence-electron chi connectivity index (χ0n) is 12.9. The van der Waals surface area contributed by atoms with Crippen LogP contribution in [0.3, 0.4) is 0 Å². The first-order valence-corrected chi connectivity index (χ1v) is 7.87. The third-order valence-corrected chi connectivity index (χ3v) is 3.91. The Kier molecular flexibility index (Phi) is 5.79. The second-order valence-electron chi connectivity index (χ2n) is 5.00. The summed E-state index contributed by atoms with van der Waals surface area (Å²) in [7, 11) is 0. The summed E-state index contributed by atoms with van der Waals surface area (Å²) in [6.07, 6.45) is 5.03. The molecule has 1 N–H and O–H groups in total. The van der Waals surface area contributed by atoms with Gasteiger partial charge in [0.05, 0.1) is 0 Å². The molecular weight excluding hydrogens is 294 g/mol. The molecule has 2 aromatic carbocycles. The van der Waals surface area contributed by atoms with Gasteiger partial charge in [-0.2, -0.15) is 0 Å². The van der Waals surface area contributed by atoms with Gasteiger partial charge in [-0.15, -0.1) is 0 Å². The van der Waals surface area contributed by atoms with Crippen molar-refractivity contribution in [2.24, 2.45) is 0 Å². The van der Waals surface area contributed by atoms with Gasteiger partial charge in [0.25, 0.3) is 0 Å². The van der Waals surface area contributed by atoms with Crippen LogP contribution >= 0.6 is 11.6 Å². The highest BCUT2D eigenvalue weighted by atomic mass is 35.5. The molecule has 0 spiro atoms. The zero-order chi connectivity index (χ0) is 15.9. The standard InChI is InChI=1S/C19H20ClNO/c1-3-14-9-7-10-15(4-2)19(14)21-18(22)13-12-16-8-5-6-11-17(16)20/h5-13H,3-4H2,1-2H3,(H,21,22). The molecule has 0 aromatic heterocycles. The Morgan fingerprint density at radius 1 is 1.05 bits per heavy atom.